The quantitative estimate of drug-likeness (QED) is 0.0770. The van der Waals surface area contributed by atoms with Crippen molar-refractivity contribution < 1.29 is 79.0 Å². The first-order valence-corrected chi connectivity index (χ1v) is 48.3. The highest BCUT2D eigenvalue weighted by Crippen LogP contribution is 2.45. The predicted molar refractivity (Wildman–Crippen MR) is 454 cm³/mol. The van der Waals surface area contributed by atoms with Crippen LogP contribution >= 0.6 is 218 Å². The van der Waals surface area contributed by atoms with Gasteiger partial charge in [-0.1, -0.05) is 90.7 Å². The smallest absolute Gasteiger partial charge is 0.390 e. The minimum Gasteiger partial charge on any atom is -0.390 e. The molecule has 12 aliphatic heterocycles. The van der Waals surface area contributed by atoms with Gasteiger partial charge in [0, 0.05) is 129 Å². The number of hydrogen-bond acceptors (Lipinski definition) is 40. The summed E-state index contributed by atoms with van der Waals surface area (Å²) >= 11 is 36.7. The molecule has 0 aliphatic carbocycles. The van der Waals surface area contributed by atoms with Crippen molar-refractivity contribution in [3.05, 3.63) is 31.3 Å². The molecule has 12 fully saturated rings. The number of nitrogens with one attached hydrogen (secondary N) is 2. The molecule has 8 aromatic rings. The first kappa shape index (κ1) is 93.9. The SMILES string of the molecule is Brc1nnc(N2CC3CC(C2)O3)s1.CC1(O)CCN(c2nnc(Br)s2)CC1.FC1(F)CN(c2nnc(Br)s2)CCO1.O=C1CC2(CN1)CN(c1nnc(Br)s1)C2.O=C1NCCC12CN(c1nnc(Br)s1)C2.OC1(C(F)(F)F)CCN(c2nnc(Br)s2)CC1.O[C@@H]1CCN(c2nnc(Br)s2)CC1(F)F.O[C@H]1CCN(c2nnc(Br)s2)CC1(F)F. The van der Waals surface area contributed by atoms with Crippen LogP contribution in [0, 0.1) is 10.8 Å². The lowest BCUT2D eigenvalue weighted by molar-refractivity contribution is -0.266. The standard InChI is InChI=1S/C8H9BrF3N3OS.2C8H9BrN4OS.C8H12BrN3OS.2C7H8BrF2N3OS.C7H8BrN3OS.C6H6BrF2N3OS/c9-5-13-14-6(17-5)15-3-1-7(16,2-4-15)8(10,11)12;9-6-11-12-7(15-6)13-3-8(4-13)1-5(14)10-2-8;9-6-11-12-7(15-6)13-3-8(4-13)1-2-10-5(8)14;1-8(13)2-4-12(5-3-8)7-11-10-6(9)14-7;2*8-5-11-12-6(15-5)13-2-1-4(14)7(9,10)3-13;8-6-9-10-7(13-6)11-2-4-1-5(3-11)12-4;7-4-10-11-5(14-4)12-1-2-13-6(8,9)3-12/h16H,1-4H2;2*1-4H2,(H,10,14);13H,2-5H2,1H3;2*4,14H,1-3H2;4-5H,1-3H2;1-3H2/t;;;;2*4-;;/m....10../s1. The molecule has 118 heavy (non-hydrogen) atoms. The summed E-state index contributed by atoms with van der Waals surface area (Å²) in [6.07, 6.45) is -6.07. The molecule has 34 nitrogen and oxygen atoms in total. The van der Waals surface area contributed by atoms with Gasteiger partial charge in [-0.2, -0.15) is 22.0 Å². The van der Waals surface area contributed by atoms with Gasteiger partial charge in [0.05, 0.1) is 42.9 Å². The zero-order valence-electron chi connectivity index (χ0n) is 61.0. The number of piperidine rings is 5. The summed E-state index contributed by atoms with van der Waals surface area (Å²) in [4.78, 5) is 37.5. The van der Waals surface area contributed by atoms with Gasteiger partial charge in [0.2, 0.25) is 52.9 Å². The van der Waals surface area contributed by atoms with Crippen LogP contribution < -0.4 is 49.8 Å². The number of fused-ring (bicyclic) bond motifs is 2. The second-order valence-electron chi connectivity index (χ2n) is 28.6. The lowest BCUT2D eigenvalue weighted by Crippen LogP contribution is -2.59. The van der Waals surface area contributed by atoms with E-state index >= 15 is 0 Å². The van der Waals surface area contributed by atoms with E-state index in [1.807, 2.05) is 6.92 Å². The van der Waals surface area contributed by atoms with Crippen LogP contribution in [0.25, 0.3) is 0 Å². The Balaban J connectivity index is 0.000000124. The Kier molecular flexibility index (Phi) is 31.7. The molecule has 0 radical (unpaired) electrons. The molecule has 59 heteroatoms. The largest absolute Gasteiger partial charge is 0.417 e. The number of morpholine rings is 2. The maximum atomic E-state index is 13.2. The van der Waals surface area contributed by atoms with Crippen LogP contribution in [0.2, 0.25) is 0 Å². The van der Waals surface area contributed by atoms with Crippen molar-refractivity contribution in [2.45, 2.75) is 124 Å². The number of amides is 2. The average molecular weight is 2340 g/mol. The summed E-state index contributed by atoms with van der Waals surface area (Å²) in [5, 5.41) is 111. The maximum Gasteiger partial charge on any atom is 0.417 e. The van der Waals surface area contributed by atoms with Crippen LogP contribution in [0.4, 0.5) is 80.6 Å². The molecule has 8 aromatic heterocycles. The maximum absolute atomic E-state index is 13.2. The highest BCUT2D eigenvalue weighted by Gasteiger charge is 2.56. The third kappa shape index (κ3) is 24.9. The number of ether oxygens (including phenoxy) is 2. The number of alkyl halides is 9. The van der Waals surface area contributed by atoms with E-state index in [2.05, 4.69) is 244 Å². The molecule has 2 spiro atoms. The number of aromatic nitrogens is 16. The molecule has 650 valence electrons. The third-order valence-corrected chi connectivity index (χ3v) is 31.1. The first-order valence-electron chi connectivity index (χ1n) is 35.4. The van der Waals surface area contributed by atoms with Gasteiger partial charge in [0.25, 0.3) is 11.8 Å². The number of nitrogens with zero attached hydrogens (tertiary/aromatic N) is 24. The Morgan fingerprint density at radius 2 is 0.771 bits per heavy atom. The molecule has 20 heterocycles. The van der Waals surface area contributed by atoms with Crippen molar-refractivity contribution in [2.24, 2.45) is 10.8 Å². The number of carbonyl (C=O) groups excluding carboxylic acids is 2. The second-order valence-corrected chi connectivity index (χ2v) is 46.4. The van der Waals surface area contributed by atoms with Gasteiger partial charge in [-0.25, -0.2) is 17.6 Å². The van der Waals surface area contributed by atoms with Gasteiger partial charge in [0.1, 0.15) is 18.8 Å². The van der Waals surface area contributed by atoms with E-state index in [0.29, 0.717) is 74.5 Å². The van der Waals surface area contributed by atoms with Crippen molar-refractivity contribution in [1.82, 2.24) is 92.2 Å². The Bertz CT molecular complexity index is 4550. The number of hydrogen-bond donors (Lipinski definition) is 6. The van der Waals surface area contributed by atoms with Crippen LogP contribution in [0.5, 0.6) is 0 Å². The van der Waals surface area contributed by atoms with E-state index in [-0.39, 0.29) is 68.0 Å². The molecule has 2 bridgehead atoms. The number of carbonyl (C=O) groups is 2. The molecule has 12 saturated heterocycles. The molecule has 20 rings (SSSR count). The number of halogens is 17. The van der Waals surface area contributed by atoms with Crippen molar-refractivity contribution in [1.29, 1.82) is 0 Å². The van der Waals surface area contributed by atoms with Gasteiger partial charge >= 0.3 is 12.3 Å². The van der Waals surface area contributed by atoms with E-state index < -0.39 is 67.2 Å². The molecule has 0 aromatic carbocycles. The van der Waals surface area contributed by atoms with E-state index in [4.69, 9.17) is 14.9 Å². The number of aliphatic hydroxyl groups is 4. The van der Waals surface area contributed by atoms with Crippen molar-refractivity contribution in [3.8, 4) is 0 Å². The Hall–Kier alpha value is -3.21. The summed E-state index contributed by atoms with van der Waals surface area (Å²) in [6, 6.07) is 0. The molecule has 12 aliphatic rings. The van der Waals surface area contributed by atoms with Crippen LogP contribution in [-0.2, 0) is 19.1 Å². The molecule has 0 saturated carbocycles. The molecule has 6 N–H and O–H groups in total. The molecule has 2 amide bonds. The predicted octanol–water partition coefficient (Wildman–Crippen LogP) is 11.1. The van der Waals surface area contributed by atoms with Gasteiger partial charge in [-0.05, 0) is 166 Å². The minimum absolute atomic E-state index is 0.00417. The zero-order valence-corrected chi connectivity index (χ0v) is 80.2. The molecular formula is C59H69Br8F9N26O8S8. The zero-order chi connectivity index (χ0) is 84.9. The van der Waals surface area contributed by atoms with Gasteiger partial charge < -0.3 is 79.7 Å². The van der Waals surface area contributed by atoms with Gasteiger partial charge in [0.15, 0.2) is 36.9 Å². The Labute approximate surface area is 764 Å². The van der Waals surface area contributed by atoms with Gasteiger partial charge in [-0.3, -0.25) is 9.59 Å². The summed E-state index contributed by atoms with van der Waals surface area (Å²) < 4.78 is 131. The molecule has 4 atom stereocenters. The van der Waals surface area contributed by atoms with Crippen LogP contribution in [0.3, 0.4) is 0 Å². The summed E-state index contributed by atoms with van der Waals surface area (Å²) in [7, 11) is 0. The van der Waals surface area contributed by atoms with E-state index in [9.17, 15) is 59.3 Å². The fraction of sp³-hybridized carbons (Fsp3) is 0.695. The summed E-state index contributed by atoms with van der Waals surface area (Å²) in [5.74, 6) is -5.78. The summed E-state index contributed by atoms with van der Waals surface area (Å²) in [6.45, 7) is 10.5. The number of anilines is 8. The number of rotatable bonds is 8. The second kappa shape index (κ2) is 39.8. The molecule has 2 unspecified atom stereocenters. The lowest BCUT2D eigenvalue weighted by atomic mass is 9.79. The van der Waals surface area contributed by atoms with E-state index in [0.717, 1.165) is 121 Å². The highest BCUT2D eigenvalue weighted by molar-refractivity contribution is 9.12. The van der Waals surface area contributed by atoms with Gasteiger partial charge in [-0.15, -0.1) is 81.6 Å². The lowest BCUT2D eigenvalue weighted by Gasteiger charge is -2.46. The normalized spacial score (nSPS) is 23.8. The fourth-order valence-corrected chi connectivity index (χ4v) is 22.3. The average Bonchev–Trinajstić information content (AvgIpc) is 1.60. The third-order valence-electron chi connectivity index (χ3n) is 19.8. The Morgan fingerprint density at radius 3 is 1.08 bits per heavy atom. The first-order chi connectivity index (χ1) is 55.6. The number of aliphatic hydroxyl groups excluding tert-OH is 2. The highest BCUT2D eigenvalue weighted by atomic mass is 79.9. The van der Waals surface area contributed by atoms with E-state index in [1.165, 1.54) is 100 Å². The van der Waals surface area contributed by atoms with Crippen LogP contribution in [0.1, 0.15) is 64.7 Å². The Morgan fingerprint density at radius 1 is 0.432 bits per heavy atom. The summed E-state index contributed by atoms with van der Waals surface area (Å²) in [5.41, 5.74) is -3.04. The minimum atomic E-state index is -4.57. The monoisotopic (exact) mass is 2330 g/mol. The molecular weight excluding hydrogens is 2270 g/mol. The van der Waals surface area contributed by atoms with Crippen molar-refractivity contribution >= 4 is 271 Å². The topological polar surface area (TPSA) is 390 Å². The fourth-order valence-electron chi connectivity index (χ4n) is 13.4. The van der Waals surface area contributed by atoms with E-state index in [1.54, 1.807) is 16.2 Å². The van der Waals surface area contributed by atoms with Crippen LogP contribution in [-0.4, -0.2) is 298 Å². The van der Waals surface area contributed by atoms with Crippen LogP contribution in [0.15, 0.2) is 31.3 Å². The van der Waals surface area contributed by atoms with Crippen molar-refractivity contribution in [3.63, 3.8) is 0 Å². The van der Waals surface area contributed by atoms with Crippen molar-refractivity contribution in [2.75, 3.05) is 164 Å².